The zero-order chi connectivity index (χ0) is 18.0. The van der Waals surface area contributed by atoms with Gasteiger partial charge in [0, 0.05) is 17.1 Å². The number of benzene rings is 2. The van der Waals surface area contributed by atoms with E-state index in [9.17, 15) is 18.0 Å². The van der Waals surface area contributed by atoms with Crippen LogP contribution in [0.25, 0.3) is 21.9 Å². The van der Waals surface area contributed by atoms with Crippen LogP contribution in [0.2, 0.25) is 0 Å². The van der Waals surface area contributed by atoms with Crippen LogP contribution in [-0.4, -0.2) is 23.7 Å². The number of primary amides is 1. The smallest absolute Gasteiger partial charge is 0.422 e. The summed E-state index contributed by atoms with van der Waals surface area (Å²) < 4.78 is 42.4. The molecule has 0 spiro atoms. The molecule has 2 aromatic carbocycles. The van der Waals surface area contributed by atoms with E-state index in [0.717, 1.165) is 5.39 Å². The van der Waals surface area contributed by atoms with Crippen LogP contribution in [-0.2, 0) is 0 Å². The van der Waals surface area contributed by atoms with Crippen molar-refractivity contribution in [1.29, 1.82) is 0 Å². The van der Waals surface area contributed by atoms with E-state index in [4.69, 9.17) is 10.5 Å². The standard InChI is InChI=1S/C18H13F3N2O2/c19-18(20,21)10-25-16-7-2-1-5-13(16)12-6-3-4-11-9-23-15(17(22)24)8-14(11)12/h1-9H,10H2,(H2,22,24). The lowest BCUT2D eigenvalue weighted by Crippen LogP contribution is -2.19. The maximum atomic E-state index is 12.5. The van der Waals surface area contributed by atoms with Gasteiger partial charge in [0.1, 0.15) is 11.4 Å². The van der Waals surface area contributed by atoms with Crippen LogP contribution in [0.5, 0.6) is 5.75 Å². The molecule has 0 aliphatic rings. The summed E-state index contributed by atoms with van der Waals surface area (Å²) in [4.78, 5) is 15.4. The van der Waals surface area contributed by atoms with Gasteiger partial charge in [0.15, 0.2) is 6.61 Å². The highest BCUT2D eigenvalue weighted by Crippen LogP contribution is 2.35. The Morgan fingerprint density at radius 2 is 1.80 bits per heavy atom. The van der Waals surface area contributed by atoms with Crippen molar-refractivity contribution in [2.75, 3.05) is 6.61 Å². The van der Waals surface area contributed by atoms with Crippen molar-refractivity contribution in [2.24, 2.45) is 5.73 Å². The lowest BCUT2D eigenvalue weighted by Gasteiger charge is -2.14. The predicted molar refractivity (Wildman–Crippen MR) is 87.2 cm³/mol. The minimum absolute atomic E-state index is 0.0774. The summed E-state index contributed by atoms with van der Waals surface area (Å²) in [5.74, 6) is -0.580. The number of alkyl halides is 3. The molecule has 128 valence electrons. The van der Waals surface area contributed by atoms with E-state index in [1.54, 1.807) is 36.4 Å². The van der Waals surface area contributed by atoms with Gasteiger partial charge in [-0.25, -0.2) is 0 Å². The highest BCUT2D eigenvalue weighted by molar-refractivity contribution is 6.01. The van der Waals surface area contributed by atoms with Gasteiger partial charge in [0.2, 0.25) is 0 Å². The fourth-order valence-electron chi connectivity index (χ4n) is 2.51. The summed E-state index contributed by atoms with van der Waals surface area (Å²) in [5.41, 5.74) is 6.46. The van der Waals surface area contributed by atoms with Crippen molar-refractivity contribution in [3.8, 4) is 16.9 Å². The van der Waals surface area contributed by atoms with Crippen molar-refractivity contribution in [3.05, 3.63) is 60.4 Å². The van der Waals surface area contributed by atoms with Crippen molar-refractivity contribution < 1.29 is 22.7 Å². The van der Waals surface area contributed by atoms with E-state index in [1.807, 2.05) is 0 Å². The molecule has 0 atom stereocenters. The van der Waals surface area contributed by atoms with E-state index < -0.39 is 18.7 Å². The lowest BCUT2D eigenvalue weighted by atomic mass is 9.98. The summed E-state index contributed by atoms with van der Waals surface area (Å²) >= 11 is 0. The van der Waals surface area contributed by atoms with Crippen molar-refractivity contribution in [1.82, 2.24) is 4.98 Å². The molecule has 3 rings (SSSR count). The number of rotatable bonds is 4. The average Bonchev–Trinajstić information content (AvgIpc) is 2.58. The first kappa shape index (κ1) is 16.8. The van der Waals surface area contributed by atoms with Gasteiger partial charge < -0.3 is 10.5 Å². The summed E-state index contributed by atoms with van der Waals surface area (Å²) in [7, 11) is 0. The Hall–Kier alpha value is -3.09. The molecular weight excluding hydrogens is 333 g/mol. The number of halogens is 3. The summed E-state index contributed by atoms with van der Waals surface area (Å²) in [6.07, 6.45) is -2.94. The number of ether oxygens (including phenoxy) is 1. The van der Waals surface area contributed by atoms with Crippen LogP contribution < -0.4 is 10.5 Å². The van der Waals surface area contributed by atoms with Gasteiger partial charge in [-0.2, -0.15) is 13.2 Å². The second-order valence-electron chi connectivity index (χ2n) is 5.36. The fraction of sp³-hybridized carbons (Fsp3) is 0.111. The van der Waals surface area contributed by atoms with Crippen LogP contribution in [0, 0.1) is 0 Å². The number of hydrogen-bond acceptors (Lipinski definition) is 3. The van der Waals surface area contributed by atoms with Gasteiger partial charge in [-0.15, -0.1) is 0 Å². The molecule has 0 fully saturated rings. The average molecular weight is 346 g/mol. The van der Waals surface area contributed by atoms with Gasteiger partial charge in [0.25, 0.3) is 5.91 Å². The predicted octanol–water partition coefficient (Wildman–Crippen LogP) is 3.94. The zero-order valence-electron chi connectivity index (χ0n) is 12.9. The van der Waals surface area contributed by atoms with Crippen molar-refractivity contribution in [3.63, 3.8) is 0 Å². The molecule has 0 aliphatic heterocycles. The molecule has 0 aliphatic carbocycles. The zero-order valence-corrected chi connectivity index (χ0v) is 12.9. The summed E-state index contributed by atoms with van der Waals surface area (Å²) in [6, 6.07) is 13.2. The normalized spacial score (nSPS) is 11.5. The molecular formula is C18H13F3N2O2. The first-order valence-corrected chi connectivity index (χ1v) is 7.33. The van der Waals surface area contributed by atoms with Crippen molar-refractivity contribution in [2.45, 2.75) is 6.18 Å². The number of pyridine rings is 1. The number of aromatic nitrogens is 1. The molecule has 1 aromatic heterocycles. The number of nitrogens with two attached hydrogens (primary N) is 1. The third-order valence-electron chi connectivity index (χ3n) is 3.58. The van der Waals surface area contributed by atoms with Crippen LogP contribution in [0.3, 0.4) is 0 Å². The van der Waals surface area contributed by atoms with E-state index >= 15 is 0 Å². The van der Waals surface area contributed by atoms with Gasteiger partial charge in [-0.1, -0.05) is 36.4 Å². The number of hydrogen-bond donors (Lipinski definition) is 1. The van der Waals surface area contributed by atoms with Gasteiger partial charge >= 0.3 is 6.18 Å². The lowest BCUT2D eigenvalue weighted by molar-refractivity contribution is -0.153. The highest BCUT2D eigenvalue weighted by atomic mass is 19.4. The number of carbonyl (C=O) groups is 1. The van der Waals surface area contributed by atoms with E-state index in [0.29, 0.717) is 16.5 Å². The minimum atomic E-state index is -4.44. The second-order valence-corrected chi connectivity index (χ2v) is 5.36. The van der Waals surface area contributed by atoms with Gasteiger partial charge in [-0.05, 0) is 23.1 Å². The Kier molecular flexibility index (Phi) is 4.31. The molecule has 25 heavy (non-hydrogen) atoms. The number of amides is 1. The SMILES string of the molecule is NC(=O)c1cc2c(-c3ccccc3OCC(F)(F)F)cccc2cn1. The Morgan fingerprint density at radius 3 is 2.52 bits per heavy atom. The molecule has 4 nitrogen and oxygen atoms in total. The van der Waals surface area contributed by atoms with Crippen molar-refractivity contribution >= 4 is 16.7 Å². The first-order chi connectivity index (χ1) is 11.8. The second kappa shape index (κ2) is 6.43. The van der Waals surface area contributed by atoms with E-state index in [-0.39, 0.29) is 11.4 Å². The molecule has 0 unspecified atom stereocenters. The molecule has 7 heteroatoms. The number of para-hydroxylation sites is 1. The highest BCUT2D eigenvalue weighted by Gasteiger charge is 2.29. The third kappa shape index (κ3) is 3.71. The van der Waals surface area contributed by atoms with Crippen LogP contribution in [0.4, 0.5) is 13.2 Å². The number of nitrogens with zero attached hydrogens (tertiary/aromatic N) is 1. The third-order valence-corrected chi connectivity index (χ3v) is 3.58. The molecule has 0 bridgehead atoms. The minimum Gasteiger partial charge on any atom is -0.483 e. The van der Waals surface area contributed by atoms with Crippen LogP contribution >= 0.6 is 0 Å². The molecule has 3 aromatic rings. The van der Waals surface area contributed by atoms with E-state index in [1.165, 1.54) is 18.3 Å². The van der Waals surface area contributed by atoms with Gasteiger partial charge in [-0.3, -0.25) is 9.78 Å². The fourth-order valence-corrected chi connectivity index (χ4v) is 2.51. The largest absolute Gasteiger partial charge is 0.483 e. The molecule has 1 heterocycles. The maximum Gasteiger partial charge on any atom is 0.422 e. The number of fused-ring (bicyclic) bond motifs is 1. The summed E-state index contributed by atoms with van der Waals surface area (Å²) in [6.45, 7) is -1.39. The quantitative estimate of drug-likeness (QED) is 0.778. The Morgan fingerprint density at radius 1 is 1.08 bits per heavy atom. The maximum absolute atomic E-state index is 12.5. The number of carbonyl (C=O) groups excluding carboxylic acids is 1. The summed E-state index contributed by atoms with van der Waals surface area (Å²) in [5, 5.41) is 1.38. The van der Waals surface area contributed by atoms with Gasteiger partial charge in [0.05, 0.1) is 0 Å². The Bertz CT molecular complexity index is 939. The molecule has 1 amide bonds. The van der Waals surface area contributed by atoms with Crippen LogP contribution in [0.15, 0.2) is 54.7 Å². The molecule has 0 radical (unpaired) electrons. The molecule has 0 saturated carbocycles. The molecule has 2 N–H and O–H groups in total. The Balaban J connectivity index is 2.13. The Labute approximate surface area is 141 Å². The first-order valence-electron chi connectivity index (χ1n) is 7.33. The topological polar surface area (TPSA) is 65.2 Å². The monoisotopic (exact) mass is 346 g/mol. The van der Waals surface area contributed by atoms with Crippen LogP contribution in [0.1, 0.15) is 10.5 Å². The van der Waals surface area contributed by atoms with E-state index in [2.05, 4.69) is 4.98 Å². The molecule has 0 saturated heterocycles.